The summed E-state index contributed by atoms with van der Waals surface area (Å²) in [5.74, 6) is 0.238. The van der Waals surface area contributed by atoms with Gasteiger partial charge in [0, 0.05) is 12.1 Å². The Labute approximate surface area is 77.5 Å². The lowest BCUT2D eigenvalue weighted by atomic mass is 10.0. The van der Waals surface area contributed by atoms with E-state index in [-0.39, 0.29) is 11.9 Å². The van der Waals surface area contributed by atoms with Gasteiger partial charge in [-0.3, -0.25) is 0 Å². The van der Waals surface area contributed by atoms with Gasteiger partial charge in [0.1, 0.15) is 11.6 Å². The maximum Gasteiger partial charge on any atom is 0.127 e. The molecule has 2 nitrogen and oxygen atoms in total. The molecule has 0 aliphatic rings. The van der Waals surface area contributed by atoms with E-state index < -0.39 is 0 Å². The van der Waals surface area contributed by atoms with Crippen molar-refractivity contribution in [2.24, 2.45) is 5.73 Å². The van der Waals surface area contributed by atoms with Crippen LogP contribution in [0.4, 0.5) is 4.39 Å². The number of rotatable bonds is 2. The van der Waals surface area contributed by atoms with E-state index in [1.165, 1.54) is 19.2 Å². The predicted molar refractivity (Wildman–Crippen MR) is 50.3 cm³/mol. The van der Waals surface area contributed by atoms with Gasteiger partial charge in [0.2, 0.25) is 0 Å². The van der Waals surface area contributed by atoms with Crippen LogP contribution in [0, 0.1) is 12.7 Å². The lowest BCUT2D eigenvalue weighted by Crippen LogP contribution is -2.08. The summed E-state index contributed by atoms with van der Waals surface area (Å²) in [5, 5.41) is 0. The predicted octanol–water partition coefficient (Wildman–Crippen LogP) is 2.16. The van der Waals surface area contributed by atoms with Crippen molar-refractivity contribution in [3.63, 3.8) is 0 Å². The molecule has 72 valence electrons. The Morgan fingerprint density at radius 2 is 2.08 bits per heavy atom. The first kappa shape index (κ1) is 9.99. The van der Waals surface area contributed by atoms with Gasteiger partial charge in [-0.1, -0.05) is 0 Å². The smallest absolute Gasteiger partial charge is 0.127 e. The van der Waals surface area contributed by atoms with Crippen LogP contribution in [-0.2, 0) is 0 Å². The molecule has 0 heterocycles. The van der Waals surface area contributed by atoms with Crippen LogP contribution in [0.3, 0.4) is 0 Å². The number of benzene rings is 1. The monoisotopic (exact) mass is 183 g/mol. The van der Waals surface area contributed by atoms with Gasteiger partial charge in [-0.05, 0) is 31.0 Å². The van der Waals surface area contributed by atoms with Crippen LogP contribution in [0.5, 0.6) is 5.75 Å². The minimum atomic E-state index is -0.310. The number of halogens is 1. The van der Waals surface area contributed by atoms with Crippen molar-refractivity contribution < 1.29 is 9.13 Å². The Hall–Kier alpha value is -1.09. The zero-order valence-electron chi connectivity index (χ0n) is 8.10. The lowest BCUT2D eigenvalue weighted by molar-refractivity contribution is 0.406. The van der Waals surface area contributed by atoms with E-state index in [0.717, 1.165) is 11.1 Å². The molecule has 1 rings (SSSR count). The molecule has 2 N–H and O–H groups in total. The molecule has 0 bridgehead atoms. The van der Waals surface area contributed by atoms with E-state index in [4.69, 9.17) is 10.5 Å². The summed E-state index contributed by atoms with van der Waals surface area (Å²) in [4.78, 5) is 0. The third-order valence-electron chi connectivity index (χ3n) is 2.08. The molecule has 1 atom stereocenters. The van der Waals surface area contributed by atoms with Gasteiger partial charge in [0.05, 0.1) is 7.11 Å². The molecule has 1 aromatic carbocycles. The molecule has 0 spiro atoms. The maximum atomic E-state index is 13.0. The SMILES string of the molecule is COc1cc(F)cc(C(C)N)c1C. The van der Waals surface area contributed by atoms with Gasteiger partial charge in [-0.15, -0.1) is 0 Å². The molecule has 3 heteroatoms. The Balaban J connectivity index is 3.27. The van der Waals surface area contributed by atoms with Gasteiger partial charge in [-0.25, -0.2) is 4.39 Å². The Bertz CT molecular complexity index is 310. The molecule has 0 fully saturated rings. The molecular formula is C10H14FNO. The zero-order valence-corrected chi connectivity index (χ0v) is 8.10. The number of hydrogen-bond acceptors (Lipinski definition) is 2. The molecule has 1 unspecified atom stereocenters. The molecule has 0 aliphatic carbocycles. The van der Waals surface area contributed by atoms with E-state index in [1.54, 1.807) is 0 Å². The third-order valence-corrected chi connectivity index (χ3v) is 2.08. The van der Waals surface area contributed by atoms with E-state index in [2.05, 4.69) is 0 Å². The van der Waals surface area contributed by atoms with Crippen LogP contribution in [0.25, 0.3) is 0 Å². The van der Waals surface area contributed by atoms with Gasteiger partial charge >= 0.3 is 0 Å². The van der Waals surface area contributed by atoms with Crippen molar-refractivity contribution in [3.8, 4) is 5.75 Å². The summed E-state index contributed by atoms with van der Waals surface area (Å²) in [6.45, 7) is 3.69. The van der Waals surface area contributed by atoms with Crippen LogP contribution >= 0.6 is 0 Å². The van der Waals surface area contributed by atoms with E-state index in [9.17, 15) is 4.39 Å². The van der Waals surface area contributed by atoms with Gasteiger partial charge in [-0.2, -0.15) is 0 Å². The van der Waals surface area contributed by atoms with Crippen molar-refractivity contribution in [1.29, 1.82) is 0 Å². The Morgan fingerprint density at radius 3 is 2.54 bits per heavy atom. The van der Waals surface area contributed by atoms with Gasteiger partial charge in [0.25, 0.3) is 0 Å². The van der Waals surface area contributed by atoms with Crippen molar-refractivity contribution in [2.45, 2.75) is 19.9 Å². The molecule has 13 heavy (non-hydrogen) atoms. The highest BCUT2D eigenvalue weighted by Gasteiger charge is 2.10. The van der Waals surface area contributed by atoms with Crippen LogP contribution in [0.2, 0.25) is 0 Å². The highest BCUT2D eigenvalue weighted by atomic mass is 19.1. The van der Waals surface area contributed by atoms with Crippen LogP contribution < -0.4 is 10.5 Å². The molecule has 0 aromatic heterocycles. The second-order valence-corrected chi connectivity index (χ2v) is 3.11. The number of nitrogens with two attached hydrogens (primary N) is 1. The van der Waals surface area contributed by atoms with Crippen molar-refractivity contribution in [1.82, 2.24) is 0 Å². The lowest BCUT2D eigenvalue weighted by Gasteiger charge is -2.13. The normalized spacial score (nSPS) is 12.7. The van der Waals surface area contributed by atoms with E-state index in [0.29, 0.717) is 5.75 Å². The van der Waals surface area contributed by atoms with Gasteiger partial charge < -0.3 is 10.5 Å². The summed E-state index contributed by atoms with van der Waals surface area (Å²) in [5.41, 5.74) is 7.38. The number of methoxy groups -OCH3 is 1. The molecule has 1 aromatic rings. The van der Waals surface area contributed by atoms with E-state index >= 15 is 0 Å². The first-order valence-corrected chi connectivity index (χ1v) is 4.16. The second-order valence-electron chi connectivity index (χ2n) is 3.11. The van der Waals surface area contributed by atoms with E-state index in [1.807, 2.05) is 13.8 Å². The van der Waals surface area contributed by atoms with Crippen LogP contribution in [0.15, 0.2) is 12.1 Å². The summed E-state index contributed by atoms with van der Waals surface area (Å²) in [6.07, 6.45) is 0. The third kappa shape index (κ3) is 1.98. The van der Waals surface area contributed by atoms with Crippen LogP contribution in [-0.4, -0.2) is 7.11 Å². The number of hydrogen-bond donors (Lipinski definition) is 1. The maximum absolute atomic E-state index is 13.0. The zero-order chi connectivity index (χ0) is 10.0. The molecule has 0 saturated heterocycles. The van der Waals surface area contributed by atoms with Crippen molar-refractivity contribution in [3.05, 3.63) is 29.1 Å². The molecule has 0 radical (unpaired) electrons. The summed E-state index contributed by atoms with van der Waals surface area (Å²) >= 11 is 0. The highest BCUT2D eigenvalue weighted by Crippen LogP contribution is 2.26. The minimum absolute atomic E-state index is 0.176. The van der Waals surface area contributed by atoms with Crippen molar-refractivity contribution in [2.75, 3.05) is 7.11 Å². The molecule has 0 saturated carbocycles. The molecule has 0 aliphatic heterocycles. The Kier molecular flexibility index (Phi) is 2.88. The molecular weight excluding hydrogens is 169 g/mol. The minimum Gasteiger partial charge on any atom is -0.496 e. The van der Waals surface area contributed by atoms with Crippen LogP contribution in [0.1, 0.15) is 24.1 Å². The largest absolute Gasteiger partial charge is 0.496 e. The quantitative estimate of drug-likeness (QED) is 0.762. The summed E-state index contributed by atoms with van der Waals surface area (Å²) in [7, 11) is 1.52. The second kappa shape index (κ2) is 3.75. The first-order valence-electron chi connectivity index (χ1n) is 4.16. The summed E-state index contributed by atoms with van der Waals surface area (Å²) < 4.78 is 18.0. The van der Waals surface area contributed by atoms with Gasteiger partial charge in [0.15, 0.2) is 0 Å². The molecule has 0 amide bonds. The fourth-order valence-electron chi connectivity index (χ4n) is 1.36. The topological polar surface area (TPSA) is 35.2 Å². The average molecular weight is 183 g/mol. The summed E-state index contributed by atoms with van der Waals surface area (Å²) in [6, 6.07) is 2.63. The first-order chi connectivity index (χ1) is 6.06. The average Bonchev–Trinajstić information content (AvgIpc) is 2.08. The van der Waals surface area contributed by atoms with Crippen molar-refractivity contribution >= 4 is 0 Å². The fourth-order valence-corrected chi connectivity index (χ4v) is 1.36. The fraction of sp³-hybridized carbons (Fsp3) is 0.400. The number of ether oxygens (including phenoxy) is 1. The standard InChI is InChI=1S/C10H14FNO/c1-6-9(7(2)12)4-8(11)5-10(6)13-3/h4-5,7H,12H2,1-3H3. The Morgan fingerprint density at radius 1 is 1.46 bits per heavy atom. The highest BCUT2D eigenvalue weighted by molar-refractivity contribution is 5.41.